The molecule has 4 heteroatoms. The Morgan fingerprint density at radius 3 is 2.65 bits per heavy atom. The fraction of sp³-hybridized carbons (Fsp3) is 0.273. The Bertz CT molecular complexity index is 962. The van der Waals surface area contributed by atoms with Gasteiger partial charge in [0.15, 0.2) is 0 Å². The van der Waals surface area contributed by atoms with Crippen molar-refractivity contribution >= 4 is 23.6 Å². The number of carbonyl (C=O) groups is 2. The van der Waals surface area contributed by atoms with Gasteiger partial charge in [0.05, 0.1) is 12.0 Å². The summed E-state index contributed by atoms with van der Waals surface area (Å²) >= 11 is 0. The number of rotatable bonds is 1. The van der Waals surface area contributed by atoms with Crippen LogP contribution in [0.5, 0.6) is 0 Å². The fourth-order valence-electron chi connectivity index (χ4n) is 4.71. The largest absolute Gasteiger partial charge is 0.363 e. The van der Waals surface area contributed by atoms with E-state index in [2.05, 4.69) is 29.2 Å². The maximum atomic E-state index is 13.2. The average Bonchev–Trinajstić information content (AvgIpc) is 2.82. The molecule has 2 amide bonds. The molecule has 0 bridgehead atoms. The van der Waals surface area contributed by atoms with Crippen LogP contribution in [0, 0.1) is 5.92 Å². The lowest BCUT2D eigenvalue weighted by Gasteiger charge is -2.41. The zero-order valence-electron chi connectivity index (χ0n) is 14.7. The quantitative estimate of drug-likeness (QED) is 0.746. The predicted octanol–water partition coefficient (Wildman–Crippen LogP) is 3.19. The lowest BCUT2D eigenvalue weighted by molar-refractivity contribution is -0.139. The van der Waals surface area contributed by atoms with E-state index in [1.807, 2.05) is 37.3 Å². The van der Waals surface area contributed by atoms with Crippen LogP contribution in [-0.4, -0.2) is 29.8 Å². The molecule has 0 saturated carbocycles. The topological polar surface area (TPSA) is 40.6 Å². The van der Waals surface area contributed by atoms with Crippen LogP contribution in [0.3, 0.4) is 0 Å². The van der Waals surface area contributed by atoms with Crippen molar-refractivity contribution < 1.29 is 9.59 Å². The predicted molar refractivity (Wildman–Crippen MR) is 101 cm³/mol. The van der Waals surface area contributed by atoms with Gasteiger partial charge in [0, 0.05) is 24.4 Å². The number of fused-ring (bicyclic) bond motifs is 7. The van der Waals surface area contributed by atoms with Gasteiger partial charge in [-0.25, -0.2) is 0 Å². The molecule has 1 saturated heterocycles. The Balaban J connectivity index is 1.79. The van der Waals surface area contributed by atoms with Crippen LogP contribution < -0.4 is 4.90 Å². The Labute approximate surface area is 152 Å². The molecule has 130 valence electrons. The first-order valence-corrected chi connectivity index (χ1v) is 9.21. The van der Waals surface area contributed by atoms with Crippen molar-refractivity contribution in [2.24, 2.45) is 5.92 Å². The summed E-state index contributed by atoms with van der Waals surface area (Å²) in [4.78, 5) is 29.9. The normalized spacial score (nSPS) is 23.7. The maximum Gasteiger partial charge on any atom is 0.257 e. The maximum absolute atomic E-state index is 13.2. The van der Waals surface area contributed by atoms with Gasteiger partial charge in [0.2, 0.25) is 5.91 Å². The van der Waals surface area contributed by atoms with Gasteiger partial charge in [-0.05, 0) is 42.2 Å². The number of nitrogens with zero attached hydrogens (tertiary/aromatic N) is 2. The first-order chi connectivity index (χ1) is 12.7. The number of hydrogen-bond acceptors (Lipinski definition) is 3. The van der Waals surface area contributed by atoms with Crippen LogP contribution >= 0.6 is 0 Å². The second-order valence-electron chi connectivity index (χ2n) is 7.11. The van der Waals surface area contributed by atoms with E-state index in [4.69, 9.17) is 0 Å². The number of likely N-dealkylation sites (N-methyl/N-ethyl adjacent to an activating group) is 1. The molecule has 2 aromatic carbocycles. The van der Waals surface area contributed by atoms with Crippen LogP contribution in [0.15, 0.2) is 54.1 Å². The van der Waals surface area contributed by atoms with Crippen LogP contribution in [0.2, 0.25) is 0 Å². The van der Waals surface area contributed by atoms with E-state index in [1.54, 1.807) is 0 Å². The summed E-state index contributed by atoms with van der Waals surface area (Å²) in [6.07, 6.45) is 2.89. The zero-order chi connectivity index (χ0) is 17.8. The smallest absolute Gasteiger partial charge is 0.257 e. The summed E-state index contributed by atoms with van der Waals surface area (Å²) < 4.78 is 0. The van der Waals surface area contributed by atoms with E-state index in [1.165, 1.54) is 16.0 Å². The van der Waals surface area contributed by atoms with Gasteiger partial charge in [-0.1, -0.05) is 42.5 Å². The van der Waals surface area contributed by atoms with Crippen LogP contribution in [0.25, 0.3) is 6.08 Å². The first kappa shape index (κ1) is 15.4. The van der Waals surface area contributed by atoms with Crippen LogP contribution in [0.4, 0.5) is 5.69 Å². The van der Waals surface area contributed by atoms with Gasteiger partial charge >= 0.3 is 0 Å². The van der Waals surface area contributed by atoms with Gasteiger partial charge in [-0.3, -0.25) is 14.5 Å². The molecular formula is C22H20N2O2. The number of hydrogen-bond donors (Lipinski definition) is 0. The van der Waals surface area contributed by atoms with E-state index in [0.29, 0.717) is 12.1 Å². The summed E-state index contributed by atoms with van der Waals surface area (Å²) in [5.74, 6) is -0.637. The third-order valence-electron chi connectivity index (χ3n) is 5.88. The number of benzene rings is 2. The van der Waals surface area contributed by atoms with E-state index >= 15 is 0 Å². The molecular weight excluding hydrogens is 324 g/mol. The second-order valence-corrected chi connectivity index (χ2v) is 7.11. The lowest BCUT2D eigenvalue weighted by atomic mass is 9.82. The molecule has 0 aliphatic carbocycles. The molecule has 5 rings (SSSR count). The van der Waals surface area contributed by atoms with Crippen molar-refractivity contribution in [3.05, 3.63) is 70.8 Å². The van der Waals surface area contributed by atoms with Crippen molar-refractivity contribution in [3.8, 4) is 0 Å². The molecule has 4 nitrogen and oxygen atoms in total. The lowest BCUT2D eigenvalue weighted by Crippen LogP contribution is -2.42. The number of amides is 2. The minimum Gasteiger partial charge on any atom is -0.363 e. The Hall–Kier alpha value is -2.88. The summed E-state index contributed by atoms with van der Waals surface area (Å²) in [7, 11) is 0. The van der Waals surface area contributed by atoms with Crippen molar-refractivity contribution in [2.45, 2.75) is 19.4 Å². The van der Waals surface area contributed by atoms with Crippen molar-refractivity contribution in [1.29, 1.82) is 0 Å². The Morgan fingerprint density at radius 1 is 1.04 bits per heavy atom. The third-order valence-corrected chi connectivity index (χ3v) is 5.88. The monoisotopic (exact) mass is 344 g/mol. The third kappa shape index (κ3) is 1.96. The van der Waals surface area contributed by atoms with Crippen molar-refractivity contribution in [1.82, 2.24) is 4.90 Å². The molecule has 26 heavy (non-hydrogen) atoms. The minimum absolute atomic E-state index is 0.0664. The van der Waals surface area contributed by atoms with Crippen LogP contribution in [0.1, 0.15) is 29.7 Å². The van der Waals surface area contributed by atoms with Gasteiger partial charge in [-0.15, -0.1) is 0 Å². The summed E-state index contributed by atoms with van der Waals surface area (Å²) in [5.41, 5.74) is 5.22. The average molecular weight is 344 g/mol. The molecule has 0 N–H and O–H groups in total. The number of imide groups is 1. The molecule has 0 radical (unpaired) electrons. The second kappa shape index (κ2) is 5.56. The molecule has 0 spiro atoms. The number of anilines is 1. The number of likely N-dealkylation sites (tertiary alicyclic amines) is 1. The highest BCUT2D eigenvalue weighted by Crippen LogP contribution is 2.48. The van der Waals surface area contributed by atoms with Gasteiger partial charge in [0.1, 0.15) is 0 Å². The van der Waals surface area contributed by atoms with E-state index in [-0.39, 0.29) is 17.9 Å². The van der Waals surface area contributed by atoms with Gasteiger partial charge in [-0.2, -0.15) is 0 Å². The minimum atomic E-state index is -0.434. The van der Waals surface area contributed by atoms with Crippen LogP contribution in [-0.2, 0) is 16.0 Å². The first-order valence-electron chi connectivity index (χ1n) is 9.21. The molecule has 1 fully saturated rings. The molecule has 2 atom stereocenters. The standard InChI is InChI=1S/C22H20N2O2/c1-2-23-21(25)17-13-15-8-4-6-10-18(15)24-12-11-14-7-3-5-9-16(14)20(24)19(17)22(23)26/h3-10,13,19-20H,2,11-12H2,1H3. The van der Waals surface area contributed by atoms with E-state index in [0.717, 1.165) is 24.2 Å². The molecule has 3 heterocycles. The zero-order valence-corrected chi connectivity index (χ0v) is 14.7. The van der Waals surface area contributed by atoms with Crippen molar-refractivity contribution in [2.75, 3.05) is 18.0 Å². The summed E-state index contributed by atoms with van der Waals surface area (Å²) in [5, 5.41) is 0. The Morgan fingerprint density at radius 2 is 1.81 bits per heavy atom. The highest BCUT2D eigenvalue weighted by atomic mass is 16.2. The highest BCUT2D eigenvalue weighted by molar-refractivity contribution is 6.18. The SMILES string of the molecule is CCN1C(=O)C2=Cc3ccccc3N3CCc4ccccc4C3C2C1=O. The molecule has 3 aliphatic heterocycles. The van der Waals surface area contributed by atoms with Gasteiger partial charge < -0.3 is 4.90 Å². The molecule has 2 aromatic rings. The van der Waals surface area contributed by atoms with Crippen molar-refractivity contribution in [3.63, 3.8) is 0 Å². The molecule has 2 unspecified atom stereocenters. The van der Waals surface area contributed by atoms with Gasteiger partial charge in [0.25, 0.3) is 5.91 Å². The summed E-state index contributed by atoms with van der Waals surface area (Å²) in [6, 6.07) is 16.4. The summed E-state index contributed by atoms with van der Waals surface area (Å²) in [6.45, 7) is 3.13. The number of carbonyl (C=O) groups excluding carboxylic acids is 2. The number of para-hydroxylation sites is 1. The fourth-order valence-corrected chi connectivity index (χ4v) is 4.71. The molecule has 3 aliphatic rings. The highest BCUT2D eigenvalue weighted by Gasteiger charge is 2.51. The van der Waals surface area contributed by atoms with E-state index < -0.39 is 5.92 Å². The molecule has 0 aromatic heterocycles. The Kier molecular flexibility index (Phi) is 3.29. The van der Waals surface area contributed by atoms with E-state index in [9.17, 15) is 9.59 Å².